The first-order valence-corrected chi connectivity index (χ1v) is 8.03. The summed E-state index contributed by atoms with van der Waals surface area (Å²) in [5.74, 6) is 0.949. The van der Waals surface area contributed by atoms with Crippen LogP contribution in [-0.2, 0) is 11.3 Å². The van der Waals surface area contributed by atoms with Crippen LogP contribution in [0, 0.1) is 0 Å². The van der Waals surface area contributed by atoms with Gasteiger partial charge in [0, 0.05) is 20.0 Å². The number of fused-ring (bicyclic) bond motifs is 1. The number of nitrogens with one attached hydrogen (secondary N) is 3. The van der Waals surface area contributed by atoms with Crippen molar-refractivity contribution in [3.05, 3.63) is 29.8 Å². The highest BCUT2D eigenvalue weighted by molar-refractivity contribution is 5.82. The topological polar surface area (TPSA) is 138 Å². The van der Waals surface area contributed by atoms with E-state index in [9.17, 15) is 9.90 Å². The second-order valence-electron chi connectivity index (χ2n) is 5.73. The van der Waals surface area contributed by atoms with Crippen molar-refractivity contribution in [2.45, 2.75) is 26.5 Å². The van der Waals surface area contributed by atoms with Gasteiger partial charge in [0.25, 0.3) is 0 Å². The molecule has 2 heterocycles. The van der Waals surface area contributed by atoms with Crippen molar-refractivity contribution in [2.24, 2.45) is 0 Å². The summed E-state index contributed by atoms with van der Waals surface area (Å²) in [5, 5.41) is 26.0. The van der Waals surface area contributed by atoms with Gasteiger partial charge in [-0.1, -0.05) is 17.3 Å². The fourth-order valence-corrected chi connectivity index (χ4v) is 2.26. The number of ether oxygens (including phenoxy) is 1. The highest BCUT2D eigenvalue weighted by Crippen LogP contribution is 2.20. The second kappa shape index (κ2) is 7.74. The van der Waals surface area contributed by atoms with Gasteiger partial charge >= 0.3 is 5.97 Å². The van der Waals surface area contributed by atoms with E-state index in [1.165, 1.54) is 6.92 Å². The number of hydrogen-bond acceptors (Lipinski definition) is 9. The average molecular weight is 357 g/mol. The molecule has 3 aromatic rings. The number of aliphatic hydroxyl groups excluding tert-OH is 1. The van der Waals surface area contributed by atoms with E-state index < -0.39 is 6.10 Å². The maximum Gasteiger partial charge on any atom is 0.308 e. The molecule has 0 amide bonds. The number of hydrogen-bond donors (Lipinski definition) is 4. The van der Waals surface area contributed by atoms with E-state index in [1.807, 2.05) is 6.07 Å². The fourth-order valence-electron chi connectivity index (χ4n) is 2.26. The largest absolute Gasteiger partial charge is 0.427 e. The van der Waals surface area contributed by atoms with Gasteiger partial charge in [0.1, 0.15) is 5.75 Å². The minimum absolute atomic E-state index is 0.316. The number of rotatable bonds is 7. The van der Waals surface area contributed by atoms with Gasteiger partial charge in [0.2, 0.25) is 5.95 Å². The third kappa shape index (κ3) is 4.42. The third-order valence-electron chi connectivity index (χ3n) is 3.37. The minimum Gasteiger partial charge on any atom is -0.427 e. The molecule has 0 aliphatic heterocycles. The van der Waals surface area contributed by atoms with Crippen molar-refractivity contribution in [2.75, 3.05) is 17.2 Å². The van der Waals surface area contributed by atoms with Crippen LogP contribution in [0.3, 0.4) is 0 Å². The zero-order valence-electron chi connectivity index (χ0n) is 14.4. The van der Waals surface area contributed by atoms with Gasteiger partial charge in [-0.3, -0.25) is 4.79 Å². The van der Waals surface area contributed by atoms with Crippen LogP contribution in [0.15, 0.2) is 24.3 Å². The second-order valence-corrected chi connectivity index (χ2v) is 5.73. The summed E-state index contributed by atoms with van der Waals surface area (Å²) >= 11 is 0. The van der Waals surface area contributed by atoms with Crippen LogP contribution in [0.4, 0.5) is 11.8 Å². The Balaban J connectivity index is 1.77. The van der Waals surface area contributed by atoms with Crippen molar-refractivity contribution >= 4 is 28.9 Å². The molecule has 0 aliphatic carbocycles. The van der Waals surface area contributed by atoms with Crippen LogP contribution in [-0.4, -0.2) is 49.1 Å². The van der Waals surface area contributed by atoms with Crippen molar-refractivity contribution in [3.8, 4) is 5.75 Å². The Morgan fingerprint density at radius 1 is 1.35 bits per heavy atom. The first-order valence-electron chi connectivity index (χ1n) is 8.03. The number of aromatic amines is 1. The number of aliphatic hydroxyl groups is 1. The van der Waals surface area contributed by atoms with E-state index in [1.54, 1.807) is 25.1 Å². The molecular weight excluding hydrogens is 338 g/mol. The van der Waals surface area contributed by atoms with Crippen molar-refractivity contribution in [1.29, 1.82) is 0 Å². The molecular formula is C16H19N7O3. The Bertz CT molecular complexity index is 910. The lowest BCUT2D eigenvalue weighted by molar-refractivity contribution is -0.131. The Hall–Kier alpha value is -3.27. The molecule has 1 unspecified atom stereocenters. The Kier molecular flexibility index (Phi) is 5.23. The normalized spacial score (nSPS) is 12.0. The summed E-state index contributed by atoms with van der Waals surface area (Å²) < 4.78 is 5.08. The van der Waals surface area contributed by atoms with Crippen molar-refractivity contribution in [3.63, 3.8) is 0 Å². The standard InChI is InChI=1S/C16H19N7O3/c1-9(24)7-18-16-19-14(13-15(20-16)22-23-21-13)17-8-11-4-3-5-12(6-11)26-10(2)25/h3-6,9,24H,7-8H2,1-2H3,(H3,17,18,19,20,21,22,23). The molecule has 0 saturated heterocycles. The van der Waals surface area contributed by atoms with Crippen LogP contribution in [0.2, 0.25) is 0 Å². The lowest BCUT2D eigenvalue weighted by atomic mass is 10.2. The number of aromatic nitrogens is 5. The molecule has 0 aliphatic rings. The first-order chi connectivity index (χ1) is 12.5. The maximum absolute atomic E-state index is 11.1. The summed E-state index contributed by atoms with van der Waals surface area (Å²) in [7, 11) is 0. The zero-order chi connectivity index (χ0) is 18.5. The summed E-state index contributed by atoms with van der Waals surface area (Å²) in [6.45, 7) is 3.77. The highest BCUT2D eigenvalue weighted by atomic mass is 16.5. The van der Waals surface area contributed by atoms with Crippen LogP contribution < -0.4 is 15.4 Å². The summed E-state index contributed by atoms with van der Waals surface area (Å²) in [5.41, 5.74) is 1.88. The third-order valence-corrected chi connectivity index (χ3v) is 3.37. The lowest BCUT2D eigenvalue weighted by Crippen LogP contribution is -2.17. The lowest BCUT2D eigenvalue weighted by Gasteiger charge is -2.10. The van der Waals surface area contributed by atoms with Gasteiger partial charge in [-0.25, -0.2) is 5.10 Å². The van der Waals surface area contributed by atoms with E-state index in [4.69, 9.17) is 4.74 Å². The van der Waals surface area contributed by atoms with E-state index >= 15 is 0 Å². The quantitative estimate of drug-likeness (QED) is 0.361. The highest BCUT2D eigenvalue weighted by Gasteiger charge is 2.11. The molecule has 2 aromatic heterocycles. The van der Waals surface area contributed by atoms with Gasteiger partial charge in [-0.05, 0) is 24.6 Å². The van der Waals surface area contributed by atoms with Gasteiger partial charge in [0.15, 0.2) is 17.0 Å². The van der Waals surface area contributed by atoms with Gasteiger partial charge in [0.05, 0.1) is 6.10 Å². The summed E-state index contributed by atoms with van der Waals surface area (Å²) in [4.78, 5) is 19.7. The molecule has 3 rings (SSSR count). The van der Waals surface area contributed by atoms with E-state index in [0.29, 0.717) is 41.8 Å². The number of benzene rings is 1. The molecule has 10 heteroatoms. The number of nitrogens with zero attached hydrogens (tertiary/aromatic N) is 4. The van der Waals surface area contributed by atoms with Crippen LogP contribution in [0.5, 0.6) is 5.75 Å². The molecule has 1 atom stereocenters. The van der Waals surface area contributed by atoms with Crippen molar-refractivity contribution in [1.82, 2.24) is 25.4 Å². The van der Waals surface area contributed by atoms with Crippen LogP contribution >= 0.6 is 0 Å². The van der Waals surface area contributed by atoms with Gasteiger partial charge in [-0.2, -0.15) is 9.97 Å². The summed E-state index contributed by atoms with van der Waals surface area (Å²) in [6, 6.07) is 7.18. The predicted octanol–water partition coefficient (Wildman–Crippen LogP) is 1.08. The molecule has 0 fully saturated rings. The minimum atomic E-state index is -0.533. The monoisotopic (exact) mass is 357 g/mol. The molecule has 0 radical (unpaired) electrons. The zero-order valence-corrected chi connectivity index (χ0v) is 14.4. The molecule has 0 bridgehead atoms. The number of H-pyrrole nitrogens is 1. The SMILES string of the molecule is CC(=O)Oc1cccc(CNc2nc(NCC(C)O)nc3[nH]nnc23)c1. The van der Waals surface area contributed by atoms with E-state index in [0.717, 1.165) is 5.56 Å². The first kappa shape index (κ1) is 17.5. The molecule has 0 spiro atoms. The number of carbonyl (C=O) groups is 1. The average Bonchev–Trinajstić information content (AvgIpc) is 3.06. The fraction of sp³-hybridized carbons (Fsp3) is 0.312. The molecule has 4 N–H and O–H groups in total. The van der Waals surface area contributed by atoms with E-state index in [2.05, 4.69) is 36.0 Å². The van der Waals surface area contributed by atoms with Crippen LogP contribution in [0.25, 0.3) is 11.2 Å². The van der Waals surface area contributed by atoms with Crippen LogP contribution in [0.1, 0.15) is 19.4 Å². The Labute approximate surface area is 149 Å². The molecule has 0 saturated carbocycles. The number of carbonyl (C=O) groups excluding carboxylic acids is 1. The Morgan fingerprint density at radius 3 is 2.96 bits per heavy atom. The smallest absolute Gasteiger partial charge is 0.308 e. The molecule has 1 aromatic carbocycles. The van der Waals surface area contributed by atoms with Crippen molar-refractivity contribution < 1.29 is 14.6 Å². The van der Waals surface area contributed by atoms with E-state index in [-0.39, 0.29) is 5.97 Å². The number of esters is 1. The predicted molar refractivity (Wildman–Crippen MR) is 94.7 cm³/mol. The maximum atomic E-state index is 11.1. The molecule has 26 heavy (non-hydrogen) atoms. The molecule has 10 nitrogen and oxygen atoms in total. The Morgan fingerprint density at radius 2 is 2.19 bits per heavy atom. The number of anilines is 2. The van der Waals surface area contributed by atoms with Gasteiger partial charge in [-0.15, -0.1) is 5.10 Å². The molecule has 136 valence electrons. The van der Waals surface area contributed by atoms with Gasteiger partial charge < -0.3 is 20.5 Å². The summed E-state index contributed by atoms with van der Waals surface area (Å²) in [6.07, 6.45) is -0.533.